The minimum Gasteiger partial charge on any atom is -0.327 e. The average molecular weight is 224 g/mol. The number of hydrogen-bond donors (Lipinski definition) is 1. The van der Waals surface area contributed by atoms with Crippen LogP contribution in [0.3, 0.4) is 0 Å². The summed E-state index contributed by atoms with van der Waals surface area (Å²) in [7, 11) is 0. The first kappa shape index (κ1) is 12.4. The lowest BCUT2D eigenvalue weighted by atomic mass is 9.78. The second-order valence-corrected chi connectivity index (χ2v) is 7.09. The Morgan fingerprint density at radius 2 is 1.94 bits per heavy atom. The normalized spacial score (nSPS) is 36.4. The van der Waals surface area contributed by atoms with Crippen LogP contribution in [-0.4, -0.2) is 30.6 Å². The maximum absolute atomic E-state index is 6.24. The number of fused-ring (bicyclic) bond motifs is 1. The van der Waals surface area contributed by atoms with Crippen molar-refractivity contribution in [3.05, 3.63) is 0 Å². The van der Waals surface area contributed by atoms with Gasteiger partial charge in [0.1, 0.15) is 0 Å². The SMILES string of the molecule is CC(C)(C)CCN1CC2CCCC(N)C2C1. The van der Waals surface area contributed by atoms with Crippen molar-refractivity contribution in [2.45, 2.75) is 52.5 Å². The van der Waals surface area contributed by atoms with E-state index in [0.29, 0.717) is 11.5 Å². The molecule has 1 saturated heterocycles. The summed E-state index contributed by atoms with van der Waals surface area (Å²) in [5.41, 5.74) is 6.71. The molecule has 2 N–H and O–H groups in total. The fourth-order valence-corrected chi connectivity index (χ4v) is 3.29. The van der Waals surface area contributed by atoms with Gasteiger partial charge in [0.05, 0.1) is 0 Å². The van der Waals surface area contributed by atoms with Gasteiger partial charge in [-0.1, -0.05) is 27.2 Å². The lowest BCUT2D eigenvalue weighted by Crippen LogP contribution is -2.38. The van der Waals surface area contributed by atoms with E-state index in [1.54, 1.807) is 0 Å². The molecule has 1 aliphatic carbocycles. The summed E-state index contributed by atoms with van der Waals surface area (Å²) in [6.07, 6.45) is 5.34. The van der Waals surface area contributed by atoms with Crippen molar-refractivity contribution in [2.75, 3.05) is 19.6 Å². The number of nitrogens with two attached hydrogens (primary N) is 1. The second-order valence-electron chi connectivity index (χ2n) is 7.09. The molecule has 2 rings (SSSR count). The molecule has 3 unspecified atom stereocenters. The molecule has 16 heavy (non-hydrogen) atoms. The Morgan fingerprint density at radius 3 is 2.56 bits per heavy atom. The third-order valence-corrected chi connectivity index (χ3v) is 4.41. The van der Waals surface area contributed by atoms with E-state index in [9.17, 15) is 0 Å². The van der Waals surface area contributed by atoms with Gasteiger partial charge in [-0.3, -0.25) is 0 Å². The summed E-state index contributed by atoms with van der Waals surface area (Å²) < 4.78 is 0. The Labute approximate surface area is 101 Å². The van der Waals surface area contributed by atoms with Crippen molar-refractivity contribution < 1.29 is 0 Å². The van der Waals surface area contributed by atoms with Gasteiger partial charge in [0.25, 0.3) is 0 Å². The maximum atomic E-state index is 6.24. The van der Waals surface area contributed by atoms with E-state index in [1.165, 1.54) is 45.3 Å². The Hall–Kier alpha value is -0.0800. The summed E-state index contributed by atoms with van der Waals surface area (Å²) in [6, 6.07) is 0.485. The Kier molecular flexibility index (Phi) is 3.60. The summed E-state index contributed by atoms with van der Waals surface area (Å²) in [5, 5.41) is 0. The van der Waals surface area contributed by atoms with Crippen LogP contribution in [0.1, 0.15) is 46.5 Å². The van der Waals surface area contributed by atoms with Gasteiger partial charge in [0.2, 0.25) is 0 Å². The quantitative estimate of drug-likeness (QED) is 0.781. The summed E-state index contributed by atoms with van der Waals surface area (Å²) in [4.78, 5) is 2.66. The highest BCUT2D eigenvalue weighted by Crippen LogP contribution is 2.36. The molecule has 1 saturated carbocycles. The molecule has 0 spiro atoms. The third-order valence-electron chi connectivity index (χ3n) is 4.41. The third kappa shape index (κ3) is 2.98. The Morgan fingerprint density at radius 1 is 1.19 bits per heavy atom. The Balaban J connectivity index is 1.82. The van der Waals surface area contributed by atoms with E-state index in [1.807, 2.05) is 0 Å². The smallest absolute Gasteiger partial charge is 0.00825 e. The van der Waals surface area contributed by atoms with Gasteiger partial charge in [-0.25, -0.2) is 0 Å². The molecule has 1 heterocycles. The topological polar surface area (TPSA) is 29.3 Å². The first-order valence-corrected chi connectivity index (χ1v) is 6.94. The van der Waals surface area contributed by atoms with Gasteiger partial charge < -0.3 is 10.6 Å². The minimum absolute atomic E-state index is 0.468. The molecular formula is C14H28N2. The van der Waals surface area contributed by atoms with Crippen molar-refractivity contribution >= 4 is 0 Å². The molecule has 0 amide bonds. The fraction of sp³-hybridized carbons (Fsp3) is 1.00. The van der Waals surface area contributed by atoms with Crippen LogP contribution in [-0.2, 0) is 0 Å². The summed E-state index contributed by atoms with van der Waals surface area (Å²) in [5.74, 6) is 1.71. The first-order valence-electron chi connectivity index (χ1n) is 6.94. The number of likely N-dealkylation sites (tertiary alicyclic amines) is 1. The molecule has 0 aromatic carbocycles. The highest BCUT2D eigenvalue weighted by atomic mass is 15.2. The zero-order chi connectivity index (χ0) is 11.8. The van der Waals surface area contributed by atoms with Crippen LogP contribution in [0.5, 0.6) is 0 Å². The van der Waals surface area contributed by atoms with Crippen molar-refractivity contribution in [2.24, 2.45) is 23.0 Å². The molecule has 0 aromatic heterocycles. The van der Waals surface area contributed by atoms with Crippen LogP contribution < -0.4 is 5.73 Å². The second kappa shape index (κ2) is 4.66. The van der Waals surface area contributed by atoms with Crippen LogP contribution in [0, 0.1) is 17.3 Å². The number of rotatable bonds is 2. The lowest BCUT2D eigenvalue weighted by molar-refractivity contribution is 0.252. The van der Waals surface area contributed by atoms with E-state index in [4.69, 9.17) is 5.73 Å². The van der Waals surface area contributed by atoms with Crippen LogP contribution in [0.25, 0.3) is 0 Å². The monoisotopic (exact) mass is 224 g/mol. The van der Waals surface area contributed by atoms with Gasteiger partial charge in [-0.15, -0.1) is 0 Å². The van der Waals surface area contributed by atoms with Crippen molar-refractivity contribution in [3.63, 3.8) is 0 Å². The predicted octanol–water partition coefficient (Wildman–Crippen LogP) is 2.48. The van der Waals surface area contributed by atoms with Gasteiger partial charge >= 0.3 is 0 Å². The molecule has 0 aromatic rings. The zero-order valence-corrected chi connectivity index (χ0v) is 11.2. The highest BCUT2D eigenvalue weighted by Gasteiger charge is 2.38. The van der Waals surface area contributed by atoms with Crippen molar-refractivity contribution in [1.29, 1.82) is 0 Å². The molecule has 0 bridgehead atoms. The lowest BCUT2D eigenvalue weighted by Gasteiger charge is -2.30. The molecule has 94 valence electrons. The van der Waals surface area contributed by atoms with E-state index in [-0.39, 0.29) is 0 Å². The fourth-order valence-electron chi connectivity index (χ4n) is 3.29. The van der Waals surface area contributed by atoms with Crippen LogP contribution in [0.15, 0.2) is 0 Å². The van der Waals surface area contributed by atoms with Crippen LogP contribution in [0.2, 0.25) is 0 Å². The highest BCUT2D eigenvalue weighted by molar-refractivity contribution is 4.93. The molecule has 1 aliphatic heterocycles. The molecule has 2 nitrogen and oxygen atoms in total. The molecule has 0 radical (unpaired) electrons. The molecule has 2 aliphatic rings. The number of nitrogens with zero attached hydrogens (tertiary/aromatic N) is 1. The first-order chi connectivity index (χ1) is 7.46. The van der Waals surface area contributed by atoms with Gasteiger partial charge in [-0.05, 0) is 43.1 Å². The zero-order valence-electron chi connectivity index (χ0n) is 11.2. The maximum Gasteiger partial charge on any atom is 0.00825 e. The molecule has 3 atom stereocenters. The summed E-state index contributed by atoms with van der Waals surface area (Å²) >= 11 is 0. The van der Waals surface area contributed by atoms with E-state index in [0.717, 1.165) is 11.8 Å². The van der Waals surface area contributed by atoms with E-state index >= 15 is 0 Å². The largest absolute Gasteiger partial charge is 0.327 e. The van der Waals surface area contributed by atoms with E-state index in [2.05, 4.69) is 25.7 Å². The average Bonchev–Trinajstić information content (AvgIpc) is 2.58. The predicted molar refractivity (Wildman–Crippen MR) is 69.3 cm³/mol. The van der Waals surface area contributed by atoms with Crippen LogP contribution in [0.4, 0.5) is 0 Å². The molecule has 2 heteroatoms. The van der Waals surface area contributed by atoms with Gasteiger partial charge in [0.15, 0.2) is 0 Å². The Bertz CT molecular complexity index is 231. The standard InChI is InChI=1S/C14H28N2/c1-14(2,3)7-8-16-9-11-5-4-6-13(15)12(11)10-16/h11-13H,4-10,15H2,1-3H3. The molecule has 2 fully saturated rings. The number of hydrogen-bond acceptors (Lipinski definition) is 2. The van der Waals surface area contributed by atoms with Crippen molar-refractivity contribution in [3.8, 4) is 0 Å². The summed E-state index contributed by atoms with van der Waals surface area (Å²) in [6.45, 7) is 10.9. The van der Waals surface area contributed by atoms with Gasteiger partial charge in [-0.2, -0.15) is 0 Å². The van der Waals surface area contributed by atoms with Gasteiger partial charge in [0, 0.05) is 19.1 Å². The minimum atomic E-state index is 0.468. The molecular weight excluding hydrogens is 196 g/mol. The van der Waals surface area contributed by atoms with Crippen molar-refractivity contribution in [1.82, 2.24) is 4.90 Å². The van der Waals surface area contributed by atoms with Crippen LogP contribution >= 0.6 is 0 Å². The van der Waals surface area contributed by atoms with E-state index < -0.39 is 0 Å².